The molecule has 0 aromatic heterocycles. The first-order valence-corrected chi connectivity index (χ1v) is 9.11. The number of nitro groups is 1. The number of nitrogens with zero attached hydrogens (tertiary/aromatic N) is 3. The normalized spacial score (nSPS) is 14.8. The standard InChI is InChI=1S/C20H24N4O3/c1-3-22-10-12-23(13-11-22)18-7-5-17(6-8-18)21-20(25)16-4-9-19(24(26)27)15(2)14-16/h4-9,14H,3,10-13H2,1-2H3,(H,21,25). The number of nitrogens with one attached hydrogen (secondary N) is 1. The molecule has 2 aromatic rings. The summed E-state index contributed by atoms with van der Waals surface area (Å²) >= 11 is 0. The zero-order valence-corrected chi connectivity index (χ0v) is 15.6. The van der Waals surface area contributed by atoms with Crippen LogP contribution in [-0.4, -0.2) is 48.5 Å². The van der Waals surface area contributed by atoms with E-state index in [1.54, 1.807) is 6.92 Å². The maximum Gasteiger partial charge on any atom is 0.272 e. The summed E-state index contributed by atoms with van der Waals surface area (Å²) in [6.45, 7) is 9.02. The number of piperazine rings is 1. The Kier molecular flexibility index (Phi) is 5.71. The monoisotopic (exact) mass is 368 g/mol. The Morgan fingerprint density at radius 1 is 1.11 bits per heavy atom. The first-order valence-electron chi connectivity index (χ1n) is 9.11. The van der Waals surface area contributed by atoms with Gasteiger partial charge in [0.25, 0.3) is 11.6 Å². The summed E-state index contributed by atoms with van der Waals surface area (Å²) in [4.78, 5) is 27.6. The lowest BCUT2D eigenvalue weighted by Gasteiger charge is -2.35. The summed E-state index contributed by atoms with van der Waals surface area (Å²) in [5.74, 6) is -0.280. The zero-order chi connectivity index (χ0) is 19.4. The Balaban J connectivity index is 1.63. The van der Waals surface area contributed by atoms with E-state index in [4.69, 9.17) is 0 Å². The molecule has 1 saturated heterocycles. The molecular weight excluding hydrogens is 344 g/mol. The molecular formula is C20H24N4O3. The van der Waals surface area contributed by atoms with E-state index < -0.39 is 4.92 Å². The Labute approximate surface area is 158 Å². The van der Waals surface area contributed by atoms with Gasteiger partial charge in [0.05, 0.1) is 4.92 Å². The largest absolute Gasteiger partial charge is 0.369 e. The van der Waals surface area contributed by atoms with Gasteiger partial charge in [-0.15, -0.1) is 0 Å². The van der Waals surface area contributed by atoms with Gasteiger partial charge in [-0.2, -0.15) is 0 Å². The molecule has 7 heteroatoms. The van der Waals surface area contributed by atoms with Crippen molar-refractivity contribution in [3.63, 3.8) is 0 Å². The molecule has 1 heterocycles. The summed E-state index contributed by atoms with van der Waals surface area (Å²) in [6, 6.07) is 12.2. The molecule has 7 nitrogen and oxygen atoms in total. The number of anilines is 2. The highest BCUT2D eigenvalue weighted by Gasteiger charge is 2.16. The van der Waals surface area contributed by atoms with E-state index >= 15 is 0 Å². The van der Waals surface area contributed by atoms with Crippen LogP contribution in [0.2, 0.25) is 0 Å². The maximum absolute atomic E-state index is 12.4. The fourth-order valence-electron chi connectivity index (χ4n) is 3.28. The summed E-state index contributed by atoms with van der Waals surface area (Å²) in [6.07, 6.45) is 0. The van der Waals surface area contributed by atoms with Gasteiger partial charge in [-0.05, 0) is 49.9 Å². The predicted octanol–water partition coefficient (Wildman–Crippen LogP) is 3.30. The molecule has 0 aliphatic carbocycles. The number of carbonyl (C=O) groups excluding carboxylic acids is 1. The van der Waals surface area contributed by atoms with Crippen molar-refractivity contribution < 1.29 is 9.72 Å². The average Bonchev–Trinajstić information content (AvgIpc) is 2.68. The molecule has 3 rings (SSSR count). The highest BCUT2D eigenvalue weighted by Crippen LogP contribution is 2.22. The molecule has 1 aliphatic heterocycles. The summed E-state index contributed by atoms with van der Waals surface area (Å²) in [5.41, 5.74) is 2.73. The van der Waals surface area contributed by atoms with Gasteiger partial charge in [-0.3, -0.25) is 14.9 Å². The Morgan fingerprint density at radius 3 is 2.33 bits per heavy atom. The van der Waals surface area contributed by atoms with E-state index in [-0.39, 0.29) is 11.6 Å². The molecule has 1 amide bonds. The highest BCUT2D eigenvalue weighted by atomic mass is 16.6. The van der Waals surface area contributed by atoms with E-state index in [2.05, 4.69) is 22.0 Å². The highest BCUT2D eigenvalue weighted by molar-refractivity contribution is 6.04. The summed E-state index contributed by atoms with van der Waals surface area (Å²) in [7, 11) is 0. The van der Waals surface area contributed by atoms with Crippen LogP contribution >= 0.6 is 0 Å². The van der Waals surface area contributed by atoms with Gasteiger partial charge in [-0.1, -0.05) is 6.92 Å². The zero-order valence-electron chi connectivity index (χ0n) is 15.6. The van der Waals surface area contributed by atoms with E-state index in [1.165, 1.54) is 18.2 Å². The molecule has 2 aromatic carbocycles. The predicted molar refractivity (Wildman–Crippen MR) is 107 cm³/mol. The number of hydrogen-bond acceptors (Lipinski definition) is 5. The van der Waals surface area contributed by atoms with E-state index in [0.29, 0.717) is 16.8 Å². The molecule has 0 unspecified atom stereocenters. The number of carbonyl (C=O) groups is 1. The second-order valence-electron chi connectivity index (χ2n) is 6.68. The van der Waals surface area contributed by atoms with Crippen molar-refractivity contribution in [1.29, 1.82) is 0 Å². The van der Waals surface area contributed by atoms with Crippen LogP contribution in [0.5, 0.6) is 0 Å². The fraction of sp³-hybridized carbons (Fsp3) is 0.350. The molecule has 0 spiro atoms. The summed E-state index contributed by atoms with van der Waals surface area (Å²) in [5, 5.41) is 13.7. The lowest BCUT2D eigenvalue weighted by molar-refractivity contribution is -0.385. The minimum atomic E-state index is -0.448. The van der Waals surface area contributed by atoms with Crippen molar-refractivity contribution in [2.24, 2.45) is 0 Å². The van der Waals surface area contributed by atoms with Crippen LogP contribution in [0.15, 0.2) is 42.5 Å². The number of likely N-dealkylation sites (N-methyl/N-ethyl adjacent to an activating group) is 1. The molecule has 0 saturated carbocycles. The minimum Gasteiger partial charge on any atom is -0.369 e. The van der Waals surface area contributed by atoms with Crippen molar-refractivity contribution in [2.75, 3.05) is 42.9 Å². The minimum absolute atomic E-state index is 0.0130. The molecule has 1 fully saturated rings. The van der Waals surface area contributed by atoms with Crippen LogP contribution < -0.4 is 10.2 Å². The van der Waals surface area contributed by atoms with E-state index in [9.17, 15) is 14.9 Å². The van der Waals surface area contributed by atoms with Crippen molar-refractivity contribution in [3.8, 4) is 0 Å². The molecule has 27 heavy (non-hydrogen) atoms. The van der Waals surface area contributed by atoms with Crippen LogP contribution in [-0.2, 0) is 0 Å². The third-order valence-corrected chi connectivity index (χ3v) is 4.97. The second kappa shape index (κ2) is 8.18. The first-order chi connectivity index (χ1) is 13.0. The Bertz CT molecular complexity index is 828. The maximum atomic E-state index is 12.4. The van der Waals surface area contributed by atoms with Gasteiger partial charge in [0, 0.05) is 54.7 Å². The third kappa shape index (κ3) is 4.43. The molecule has 1 aliphatic rings. The third-order valence-electron chi connectivity index (χ3n) is 4.97. The van der Waals surface area contributed by atoms with Crippen molar-refractivity contribution in [1.82, 2.24) is 4.90 Å². The van der Waals surface area contributed by atoms with Crippen LogP contribution in [0.1, 0.15) is 22.8 Å². The number of aryl methyl sites for hydroxylation is 1. The molecule has 0 radical (unpaired) electrons. The number of nitro benzene ring substituents is 1. The van der Waals surface area contributed by atoms with E-state index in [0.717, 1.165) is 38.4 Å². The number of amides is 1. The smallest absolute Gasteiger partial charge is 0.272 e. The lowest BCUT2D eigenvalue weighted by Crippen LogP contribution is -2.46. The van der Waals surface area contributed by atoms with Crippen LogP contribution in [0.3, 0.4) is 0 Å². The van der Waals surface area contributed by atoms with Crippen molar-refractivity contribution in [3.05, 3.63) is 63.7 Å². The van der Waals surface area contributed by atoms with Gasteiger partial charge in [-0.25, -0.2) is 0 Å². The topological polar surface area (TPSA) is 78.7 Å². The molecule has 0 atom stereocenters. The molecule has 142 valence electrons. The van der Waals surface area contributed by atoms with Crippen LogP contribution in [0.25, 0.3) is 0 Å². The number of benzene rings is 2. The SMILES string of the molecule is CCN1CCN(c2ccc(NC(=O)c3ccc([N+](=O)[O-])c(C)c3)cc2)CC1. The summed E-state index contributed by atoms with van der Waals surface area (Å²) < 4.78 is 0. The Hall–Kier alpha value is -2.93. The number of hydrogen-bond donors (Lipinski definition) is 1. The molecule has 1 N–H and O–H groups in total. The van der Waals surface area contributed by atoms with Gasteiger partial charge in [0.2, 0.25) is 0 Å². The van der Waals surface area contributed by atoms with Crippen LogP contribution in [0, 0.1) is 17.0 Å². The fourth-order valence-corrected chi connectivity index (χ4v) is 3.28. The number of rotatable bonds is 5. The van der Waals surface area contributed by atoms with E-state index in [1.807, 2.05) is 24.3 Å². The van der Waals surface area contributed by atoms with Crippen LogP contribution in [0.4, 0.5) is 17.1 Å². The van der Waals surface area contributed by atoms with Gasteiger partial charge in [0.15, 0.2) is 0 Å². The lowest BCUT2D eigenvalue weighted by atomic mass is 10.1. The first kappa shape index (κ1) is 18.8. The molecule has 0 bridgehead atoms. The van der Waals surface area contributed by atoms with Crippen molar-refractivity contribution >= 4 is 23.0 Å². The van der Waals surface area contributed by atoms with Gasteiger partial charge >= 0.3 is 0 Å². The van der Waals surface area contributed by atoms with Crippen molar-refractivity contribution in [2.45, 2.75) is 13.8 Å². The quantitative estimate of drug-likeness (QED) is 0.647. The Morgan fingerprint density at radius 2 is 1.78 bits per heavy atom. The average molecular weight is 368 g/mol. The van der Waals surface area contributed by atoms with Gasteiger partial charge < -0.3 is 15.1 Å². The van der Waals surface area contributed by atoms with Gasteiger partial charge in [0.1, 0.15) is 0 Å². The second-order valence-corrected chi connectivity index (χ2v) is 6.68.